The lowest BCUT2D eigenvalue weighted by atomic mass is 9.73. The van der Waals surface area contributed by atoms with Crippen LogP contribution in [-0.4, -0.2) is 0 Å². The van der Waals surface area contributed by atoms with Gasteiger partial charge in [0.15, 0.2) is 0 Å². The second kappa shape index (κ2) is 6.47. The van der Waals surface area contributed by atoms with Crippen molar-refractivity contribution in [2.24, 2.45) is 0 Å². The molecule has 2 aromatic carbocycles. The van der Waals surface area contributed by atoms with Crippen LogP contribution in [0.15, 0.2) is 0 Å². The minimum Gasteiger partial charge on any atom is -0.0489 e. The van der Waals surface area contributed by atoms with Gasteiger partial charge < -0.3 is 0 Å². The third kappa shape index (κ3) is 2.32. The van der Waals surface area contributed by atoms with Gasteiger partial charge in [-0.1, -0.05) is 0 Å². The second-order valence-corrected chi connectivity index (χ2v) is 10.5. The molecule has 0 atom stereocenters. The van der Waals surface area contributed by atoms with E-state index in [0.717, 1.165) is 0 Å². The normalized spacial score (nSPS) is 21.5. The van der Waals surface area contributed by atoms with Gasteiger partial charge in [-0.2, -0.15) is 0 Å². The summed E-state index contributed by atoms with van der Waals surface area (Å²) in [6, 6.07) is 0. The summed E-state index contributed by atoms with van der Waals surface area (Å²) in [5.74, 6) is 0. The van der Waals surface area contributed by atoms with Gasteiger partial charge in [0.05, 0.1) is 0 Å². The van der Waals surface area contributed by atoms with Crippen molar-refractivity contribution in [1.29, 1.82) is 0 Å². The van der Waals surface area contributed by atoms with Gasteiger partial charge in [-0.25, -0.2) is 0 Å². The Kier molecular flexibility index (Phi) is 3.83. The third-order valence-corrected chi connectivity index (χ3v) is 9.14. The molecule has 0 fully saturated rings. The van der Waals surface area contributed by atoms with E-state index in [2.05, 4.69) is 0 Å². The molecule has 0 amide bonds. The van der Waals surface area contributed by atoms with E-state index >= 15 is 0 Å². The summed E-state index contributed by atoms with van der Waals surface area (Å²) < 4.78 is 0. The predicted octanol–water partition coefficient (Wildman–Crippen LogP) is 6.77. The highest BCUT2D eigenvalue weighted by atomic mass is 14.4. The number of hydrogen-bond acceptors (Lipinski definition) is 0. The molecule has 7 rings (SSSR count). The van der Waals surface area contributed by atoms with Gasteiger partial charge in [-0.15, -0.1) is 0 Å². The first-order valence-corrected chi connectivity index (χ1v) is 12.8. The van der Waals surface area contributed by atoms with Crippen molar-refractivity contribution >= 4 is 0 Å². The Morgan fingerprint density at radius 3 is 0.828 bits per heavy atom. The van der Waals surface area contributed by atoms with Crippen LogP contribution in [0.25, 0.3) is 11.1 Å². The monoisotopic (exact) mass is 382 g/mol. The van der Waals surface area contributed by atoms with E-state index in [4.69, 9.17) is 0 Å². The van der Waals surface area contributed by atoms with Crippen molar-refractivity contribution in [3.05, 3.63) is 55.6 Å². The summed E-state index contributed by atoms with van der Waals surface area (Å²) in [4.78, 5) is 0. The minimum absolute atomic E-state index is 1.29. The maximum atomic E-state index is 1.83. The molecule has 150 valence electrons. The lowest BCUT2D eigenvalue weighted by Crippen LogP contribution is -2.17. The summed E-state index contributed by atoms with van der Waals surface area (Å²) in [6.45, 7) is 0. The van der Waals surface area contributed by atoms with Crippen LogP contribution in [0.1, 0.15) is 107 Å². The second-order valence-electron chi connectivity index (χ2n) is 10.5. The molecule has 29 heavy (non-hydrogen) atoms. The van der Waals surface area contributed by atoms with Crippen LogP contribution in [-0.2, 0) is 57.8 Å². The van der Waals surface area contributed by atoms with E-state index in [1.54, 1.807) is 0 Å². The first-order valence-electron chi connectivity index (χ1n) is 12.8. The van der Waals surface area contributed by atoms with Crippen LogP contribution in [0.5, 0.6) is 0 Å². The van der Waals surface area contributed by atoms with Gasteiger partial charge in [-0.3, -0.25) is 0 Å². The highest BCUT2D eigenvalue weighted by Crippen LogP contribution is 2.52. The van der Waals surface area contributed by atoms with Crippen LogP contribution in [0.4, 0.5) is 0 Å². The van der Waals surface area contributed by atoms with Gasteiger partial charge in [0, 0.05) is 0 Å². The molecule has 0 spiro atoms. The maximum absolute atomic E-state index is 1.83. The summed E-state index contributed by atoms with van der Waals surface area (Å²) >= 11 is 0. The third-order valence-electron chi connectivity index (χ3n) is 9.14. The van der Waals surface area contributed by atoms with E-state index in [1.165, 1.54) is 109 Å². The van der Waals surface area contributed by atoms with E-state index in [0.29, 0.717) is 0 Å². The number of rotatable bonds is 0. The van der Waals surface area contributed by atoms with Crippen LogP contribution >= 0.6 is 0 Å². The quantitative estimate of drug-likeness (QED) is 0.402. The van der Waals surface area contributed by atoms with Crippen LogP contribution in [0, 0.1) is 0 Å². The molecule has 0 aromatic heterocycles. The lowest BCUT2D eigenvalue weighted by Gasteiger charge is -2.31. The van der Waals surface area contributed by atoms with E-state index in [-0.39, 0.29) is 0 Å². The van der Waals surface area contributed by atoms with Gasteiger partial charge in [0.25, 0.3) is 0 Å². The number of hydrogen-bond donors (Lipinski definition) is 0. The summed E-state index contributed by atoms with van der Waals surface area (Å²) in [5.41, 5.74) is 21.9. The van der Waals surface area contributed by atoms with Gasteiger partial charge in [0.1, 0.15) is 0 Å². The van der Waals surface area contributed by atoms with Gasteiger partial charge >= 0.3 is 0 Å². The summed E-state index contributed by atoms with van der Waals surface area (Å²) in [6.07, 6.45) is 23.6. The average Bonchev–Trinajstić information content (AvgIpc) is 3.21. The fourth-order valence-electron chi connectivity index (χ4n) is 8.01. The molecule has 0 saturated heterocycles. The van der Waals surface area contributed by atoms with Crippen molar-refractivity contribution in [2.45, 2.75) is 109 Å². The van der Waals surface area contributed by atoms with E-state index in [1.807, 2.05) is 66.8 Å². The molecule has 5 aliphatic rings. The Balaban J connectivity index is 1.58. The Labute approximate surface area is 176 Å². The molecule has 0 nitrogen and oxygen atoms in total. The van der Waals surface area contributed by atoms with Crippen LogP contribution in [0.3, 0.4) is 0 Å². The highest BCUT2D eigenvalue weighted by molar-refractivity contribution is 5.88. The first kappa shape index (κ1) is 17.2. The van der Waals surface area contributed by atoms with Crippen LogP contribution < -0.4 is 0 Å². The molecule has 2 aromatic rings. The molecule has 0 saturated carbocycles. The van der Waals surface area contributed by atoms with Crippen molar-refractivity contribution in [3.63, 3.8) is 0 Å². The fourth-order valence-corrected chi connectivity index (χ4v) is 8.01. The molecule has 0 bridgehead atoms. The molecular formula is C29H34. The molecule has 0 N–H and O–H groups in total. The Bertz CT molecular complexity index is 952. The zero-order chi connectivity index (χ0) is 18.9. The zero-order valence-electron chi connectivity index (χ0n) is 18.0. The average molecular weight is 383 g/mol. The molecule has 0 aliphatic heterocycles. The standard InChI is InChI=1S/C29H34/c1-3-13-22-18(9-1)20-11-5-7-15-24(20)28-26(22)17-27-23-14-4-2-10-19(23)21-12-6-8-16-25(21)29(27)28/h1-17H2. The topological polar surface area (TPSA) is 0 Å². The lowest BCUT2D eigenvalue weighted by molar-refractivity contribution is 0.638. The Morgan fingerprint density at radius 2 is 0.483 bits per heavy atom. The highest BCUT2D eigenvalue weighted by Gasteiger charge is 2.36. The fraction of sp³-hybridized carbons (Fsp3) is 0.586. The van der Waals surface area contributed by atoms with Gasteiger partial charge in [-0.05, 0) is 176 Å². The van der Waals surface area contributed by atoms with Crippen molar-refractivity contribution < 1.29 is 0 Å². The number of benzene rings is 2. The largest absolute Gasteiger partial charge is 0.0489 e. The van der Waals surface area contributed by atoms with E-state index in [9.17, 15) is 0 Å². The zero-order valence-corrected chi connectivity index (χ0v) is 18.0. The molecule has 5 aliphatic carbocycles. The predicted molar refractivity (Wildman–Crippen MR) is 121 cm³/mol. The SMILES string of the molecule is C1CCc2c(c3c(c4c2Cc2c5c(c6c(c2-4)CCCC6)CCCC5)CCCC3)C1. The molecule has 0 heteroatoms. The molecule has 0 heterocycles. The van der Waals surface area contributed by atoms with Crippen molar-refractivity contribution in [3.8, 4) is 11.1 Å². The van der Waals surface area contributed by atoms with Crippen LogP contribution in [0.2, 0.25) is 0 Å². The molecule has 0 unspecified atom stereocenters. The minimum atomic E-state index is 1.29. The van der Waals surface area contributed by atoms with Gasteiger partial charge in [0.2, 0.25) is 0 Å². The van der Waals surface area contributed by atoms with E-state index < -0.39 is 0 Å². The number of fused-ring (bicyclic) bond motifs is 13. The molecular weight excluding hydrogens is 348 g/mol. The maximum Gasteiger partial charge on any atom is -0.000756 e. The van der Waals surface area contributed by atoms with Crippen molar-refractivity contribution in [1.82, 2.24) is 0 Å². The summed E-state index contributed by atoms with van der Waals surface area (Å²) in [5, 5.41) is 0. The van der Waals surface area contributed by atoms with Crippen molar-refractivity contribution in [2.75, 3.05) is 0 Å². The Morgan fingerprint density at radius 1 is 0.241 bits per heavy atom. The smallest absolute Gasteiger partial charge is 0.000756 e. The first-order chi connectivity index (χ1) is 14.4. The molecule has 0 radical (unpaired) electrons. The Hall–Kier alpha value is -1.56. The summed E-state index contributed by atoms with van der Waals surface area (Å²) in [7, 11) is 0.